The Morgan fingerprint density at radius 3 is 2.73 bits per heavy atom. The molecule has 0 aliphatic rings. The monoisotopic (exact) mass is 374 g/mol. The lowest BCUT2D eigenvalue weighted by molar-refractivity contribution is 0.0595. The number of ether oxygens (including phenoxy) is 1. The topological polar surface area (TPSA) is 81.4 Å². The third-order valence-corrected chi connectivity index (χ3v) is 3.72. The van der Waals surface area contributed by atoms with Crippen LogP contribution in [-0.2, 0) is 4.74 Å². The van der Waals surface area contributed by atoms with Crippen LogP contribution in [0.4, 0.5) is 10.1 Å². The summed E-state index contributed by atoms with van der Waals surface area (Å²) in [4.78, 5) is 23.8. The van der Waals surface area contributed by atoms with Gasteiger partial charge in [0, 0.05) is 22.3 Å². The normalized spacial score (nSPS) is 10.4. The first kappa shape index (κ1) is 17.6. The average Bonchev–Trinajstić information content (AvgIpc) is 3.13. The highest BCUT2D eigenvalue weighted by atomic mass is 35.5. The van der Waals surface area contributed by atoms with Gasteiger partial charge in [-0.15, -0.1) is 0 Å². The molecule has 1 heterocycles. The third kappa shape index (κ3) is 3.73. The molecule has 3 aromatic rings. The number of hydrogen-bond acceptors (Lipinski definition) is 5. The smallest absolute Gasteiger partial charge is 0.340 e. The summed E-state index contributed by atoms with van der Waals surface area (Å²) < 4.78 is 23.3. The second kappa shape index (κ2) is 7.37. The molecule has 6 nitrogen and oxygen atoms in total. The highest BCUT2D eigenvalue weighted by Crippen LogP contribution is 2.24. The fourth-order valence-corrected chi connectivity index (χ4v) is 2.41. The maximum Gasteiger partial charge on any atom is 0.340 e. The van der Waals surface area contributed by atoms with Crippen LogP contribution in [0.15, 0.2) is 53.1 Å². The van der Waals surface area contributed by atoms with Gasteiger partial charge in [0.15, 0.2) is 11.5 Å². The first-order valence-corrected chi connectivity index (χ1v) is 7.77. The second-order valence-corrected chi connectivity index (χ2v) is 5.66. The zero-order chi connectivity index (χ0) is 18.7. The Bertz CT molecular complexity index is 987. The number of aromatic nitrogens is 1. The van der Waals surface area contributed by atoms with E-state index in [1.165, 1.54) is 18.2 Å². The number of carbonyl (C=O) groups excluding carboxylic acids is 2. The Kier molecular flexibility index (Phi) is 4.99. The molecule has 0 unspecified atom stereocenters. The van der Waals surface area contributed by atoms with Crippen molar-refractivity contribution in [1.29, 1.82) is 0 Å². The summed E-state index contributed by atoms with van der Waals surface area (Å²) >= 11 is 5.93. The molecule has 1 amide bonds. The van der Waals surface area contributed by atoms with Gasteiger partial charge in [-0.1, -0.05) is 28.9 Å². The van der Waals surface area contributed by atoms with Crippen LogP contribution in [0.25, 0.3) is 11.3 Å². The second-order valence-electron chi connectivity index (χ2n) is 5.23. The molecule has 0 saturated carbocycles. The molecule has 132 valence electrons. The number of benzene rings is 2. The Balaban J connectivity index is 1.80. The van der Waals surface area contributed by atoms with Crippen LogP contribution in [0.3, 0.4) is 0 Å². The minimum atomic E-state index is -0.844. The molecule has 1 N–H and O–H groups in total. The van der Waals surface area contributed by atoms with Crippen molar-refractivity contribution in [2.24, 2.45) is 0 Å². The van der Waals surface area contributed by atoms with Crippen LogP contribution >= 0.6 is 11.6 Å². The van der Waals surface area contributed by atoms with E-state index < -0.39 is 17.7 Å². The number of methoxy groups -OCH3 is 1. The number of anilines is 1. The summed E-state index contributed by atoms with van der Waals surface area (Å²) in [7, 11) is 1.14. The lowest BCUT2D eigenvalue weighted by Gasteiger charge is -2.06. The molecular weight excluding hydrogens is 363 g/mol. The number of rotatable bonds is 4. The van der Waals surface area contributed by atoms with Crippen molar-refractivity contribution in [3.63, 3.8) is 0 Å². The summed E-state index contributed by atoms with van der Waals surface area (Å²) in [6, 6.07) is 11.9. The summed E-state index contributed by atoms with van der Waals surface area (Å²) in [5.41, 5.74) is 0.608. The molecule has 0 bridgehead atoms. The highest BCUT2D eigenvalue weighted by molar-refractivity contribution is 6.30. The molecule has 0 saturated heterocycles. The van der Waals surface area contributed by atoms with Gasteiger partial charge >= 0.3 is 5.97 Å². The van der Waals surface area contributed by atoms with Gasteiger partial charge in [-0.05, 0) is 30.3 Å². The van der Waals surface area contributed by atoms with Gasteiger partial charge in [0.1, 0.15) is 5.82 Å². The van der Waals surface area contributed by atoms with Crippen molar-refractivity contribution in [2.45, 2.75) is 0 Å². The number of nitrogens with zero attached hydrogens (tertiary/aromatic N) is 1. The SMILES string of the molecule is COC(=O)c1cc(NC(=O)c2cc(-c3cccc(Cl)c3)on2)ccc1F. The van der Waals surface area contributed by atoms with Crippen molar-refractivity contribution >= 4 is 29.2 Å². The fourth-order valence-electron chi connectivity index (χ4n) is 2.22. The molecule has 8 heteroatoms. The molecule has 0 spiro atoms. The van der Waals surface area contributed by atoms with E-state index in [0.29, 0.717) is 16.3 Å². The van der Waals surface area contributed by atoms with Crippen LogP contribution in [0, 0.1) is 5.82 Å². The Hall–Kier alpha value is -3.19. The van der Waals surface area contributed by atoms with Crippen molar-refractivity contribution in [3.8, 4) is 11.3 Å². The Morgan fingerprint density at radius 2 is 2.00 bits per heavy atom. The molecule has 0 atom stereocenters. The van der Waals surface area contributed by atoms with E-state index in [9.17, 15) is 14.0 Å². The molecule has 3 rings (SSSR count). The van der Waals surface area contributed by atoms with Crippen LogP contribution in [0.1, 0.15) is 20.8 Å². The maximum atomic E-state index is 13.6. The number of esters is 1. The van der Waals surface area contributed by atoms with Gasteiger partial charge in [0.05, 0.1) is 12.7 Å². The van der Waals surface area contributed by atoms with Crippen LogP contribution in [0.2, 0.25) is 5.02 Å². The standard InChI is InChI=1S/C18H12ClFN2O4/c1-25-18(24)13-8-12(5-6-14(13)20)21-17(23)15-9-16(26-22-15)10-3-2-4-11(19)7-10/h2-9H,1H3,(H,21,23). The number of halogens is 2. The number of carbonyl (C=O) groups is 2. The van der Waals surface area contributed by atoms with E-state index in [0.717, 1.165) is 13.2 Å². The first-order valence-electron chi connectivity index (χ1n) is 7.40. The summed E-state index contributed by atoms with van der Waals surface area (Å²) in [5, 5.41) is 6.75. The molecule has 0 radical (unpaired) electrons. The molecule has 26 heavy (non-hydrogen) atoms. The molecule has 0 aliphatic heterocycles. The summed E-state index contributed by atoms with van der Waals surface area (Å²) in [6.07, 6.45) is 0. The number of hydrogen-bond donors (Lipinski definition) is 1. The average molecular weight is 375 g/mol. The van der Waals surface area contributed by atoms with E-state index >= 15 is 0 Å². The zero-order valence-electron chi connectivity index (χ0n) is 13.5. The summed E-state index contributed by atoms with van der Waals surface area (Å²) in [6.45, 7) is 0. The van der Waals surface area contributed by atoms with Gasteiger partial charge in [-0.25, -0.2) is 9.18 Å². The van der Waals surface area contributed by atoms with Crippen molar-refractivity contribution in [1.82, 2.24) is 5.16 Å². The predicted molar refractivity (Wildman–Crippen MR) is 92.6 cm³/mol. The fraction of sp³-hybridized carbons (Fsp3) is 0.0556. The molecular formula is C18H12ClFN2O4. The largest absolute Gasteiger partial charge is 0.465 e. The van der Waals surface area contributed by atoms with E-state index in [-0.39, 0.29) is 16.9 Å². The minimum absolute atomic E-state index is 0.0175. The van der Waals surface area contributed by atoms with Gasteiger partial charge in [-0.2, -0.15) is 0 Å². The molecule has 0 fully saturated rings. The van der Waals surface area contributed by atoms with E-state index in [2.05, 4.69) is 15.2 Å². The van der Waals surface area contributed by atoms with Crippen LogP contribution in [0.5, 0.6) is 0 Å². The highest BCUT2D eigenvalue weighted by Gasteiger charge is 2.17. The first-order chi connectivity index (χ1) is 12.5. The third-order valence-electron chi connectivity index (χ3n) is 3.48. The lowest BCUT2D eigenvalue weighted by atomic mass is 10.1. The van der Waals surface area contributed by atoms with Crippen molar-refractivity contribution in [2.75, 3.05) is 12.4 Å². The molecule has 1 aromatic heterocycles. The van der Waals surface area contributed by atoms with Gasteiger partial charge in [0.25, 0.3) is 5.91 Å². The zero-order valence-corrected chi connectivity index (χ0v) is 14.2. The quantitative estimate of drug-likeness (QED) is 0.693. The minimum Gasteiger partial charge on any atom is -0.465 e. The molecule has 0 aliphatic carbocycles. The van der Waals surface area contributed by atoms with Gasteiger partial charge < -0.3 is 14.6 Å². The van der Waals surface area contributed by atoms with Gasteiger partial charge in [-0.3, -0.25) is 4.79 Å². The van der Waals surface area contributed by atoms with E-state index in [1.807, 2.05) is 0 Å². The van der Waals surface area contributed by atoms with Crippen molar-refractivity contribution < 1.29 is 23.2 Å². The summed E-state index contributed by atoms with van der Waals surface area (Å²) in [5.74, 6) is -1.81. The van der Waals surface area contributed by atoms with E-state index in [1.54, 1.807) is 24.3 Å². The Morgan fingerprint density at radius 1 is 1.19 bits per heavy atom. The van der Waals surface area contributed by atoms with Crippen LogP contribution < -0.4 is 5.32 Å². The Labute approximate surface area is 152 Å². The number of amides is 1. The predicted octanol–water partition coefficient (Wildman–Crippen LogP) is 4.17. The molecule has 2 aromatic carbocycles. The van der Waals surface area contributed by atoms with E-state index in [4.69, 9.17) is 16.1 Å². The van der Waals surface area contributed by atoms with Crippen LogP contribution in [-0.4, -0.2) is 24.1 Å². The maximum absolute atomic E-state index is 13.6. The number of nitrogens with one attached hydrogen (secondary N) is 1. The lowest BCUT2D eigenvalue weighted by Crippen LogP contribution is -2.13. The van der Waals surface area contributed by atoms with Crippen molar-refractivity contribution in [3.05, 3.63) is 70.6 Å². The van der Waals surface area contributed by atoms with Gasteiger partial charge in [0.2, 0.25) is 0 Å².